The molecule has 1 fully saturated rings. The molecule has 0 N–H and O–H groups in total. The van der Waals surface area contributed by atoms with Crippen molar-refractivity contribution in [2.75, 3.05) is 5.75 Å². The molecule has 1 rings (SSSR count). The van der Waals surface area contributed by atoms with Crippen LogP contribution in [0.4, 0.5) is 0 Å². The first kappa shape index (κ1) is 8.46. The van der Waals surface area contributed by atoms with Crippen LogP contribution >= 0.6 is 11.8 Å². The molecule has 0 amide bonds. The molecule has 10 heavy (non-hydrogen) atoms. The topological polar surface area (TPSA) is 23.8 Å². The van der Waals surface area contributed by atoms with Gasteiger partial charge in [0.25, 0.3) is 0 Å². The Hall–Kier alpha value is 0.359. The van der Waals surface area contributed by atoms with E-state index in [0.717, 1.165) is 25.5 Å². The van der Waals surface area contributed by atoms with E-state index in [9.17, 15) is 0 Å². The average Bonchev–Trinajstić information content (AvgIpc) is 2.03. The molecule has 1 nitrogen and oxygen atoms in total. The Kier molecular flexibility index (Phi) is 4.29. The molecular formula is C7H11NSSe. The first-order valence-electron chi connectivity index (χ1n) is 3.56. The van der Waals surface area contributed by atoms with Crippen LogP contribution in [0.5, 0.6) is 0 Å². The molecule has 1 saturated heterocycles. The molecule has 0 saturated carbocycles. The molecule has 1 aliphatic heterocycles. The van der Waals surface area contributed by atoms with Gasteiger partial charge in [0.1, 0.15) is 0 Å². The van der Waals surface area contributed by atoms with Crippen molar-refractivity contribution in [3.8, 4) is 5.40 Å². The quantitative estimate of drug-likeness (QED) is 0.526. The summed E-state index contributed by atoms with van der Waals surface area (Å²) >= 11 is 2.29. The molecule has 1 heterocycles. The molecule has 0 aromatic heterocycles. The van der Waals surface area contributed by atoms with Crippen LogP contribution in [0, 0.1) is 10.7 Å². The third kappa shape index (κ3) is 2.96. The summed E-state index contributed by atoms with van der Waals surface area (Å²) in [6.45, 7) is 0. The summed E-state index contributed by atoms with van der Waals surface area (Å²) < 4.78 is 0. The Morgan fingerprint density at radius 3 is 3.10 bits per heavy atom. The van der Waals surface area contributed by atoms with E-state index in [1.807, 2.05) is 0 Å². The first-order chi connectivity index (χ1) is 4.93. The fourth-order valence-corrected chi connectivity index (χ4v) is 4.80. The van der Waals surface area contributed by atoms with E-state index in [-0.39, 0.29) is 0 Å². The fourth-order valence-electron chi connectivity index (χ4n) is 1.07. The molecular weight excluding hydrogens is 209 g/mol. The van der Waals surface area contributed by atoms with Crippen molar-refractivity contribution in [3.05, 3.63) is 0 Å². The van der Waals surface area contributed by atoms with Gasteiger partial charge >= 0.3 is 72.5 Å². The van der Waals surface area contributed by atoms with Gasteiger partial charge in [-0.1, -0.05) is 0 Å². The van der Waals surface area contributed by atoms with Gasteiger partial charge in [-0.2, -0.15) is 0 Å². The second-order valence-electron chi connectivity index (χ2n) is 2.39. The third-order valence-corrected chi connectivity index (χ3v) is 5.72. The van der Waals surface area contributed by atoms with E-state index in [4.69, 9.17) is 5.26 Å². The Morgan fingerprint density at radius 1 is 1.60 bits per heavy atom. The Labute approximate surface area is 72.7 Å². The molecule has 0 bridgehead atoms. The van der Waals surface area contributed by atoms with Crippen LogP contribution in [0.25, 0.3) is 0 Å². The van der Waals surface area contributed by atoms with Crippen molar-refractivity contribution in [1.29, 1.82) is 5.26 Å². The summed E-state index contributed by atoms with van der Waals surface area (Å²) in [5, 5.41) is 11.9. The van der Waals surface area contributed by atoms with Gasteiger partial charge in [0, 0.05) is 0 Å². The zero-order valence-electron chi connectivity index (χ0n) is 5.88. The maximum atomic E-state index is 8.32. The molecule has 0 aromatic rings. The average molecular weight is 220 g/mol. The Balaban J connectivity index is 2.09. The SMILES string of the molecule is N#CSCC1CCCC[Se]1. The molecule has 1 atom stereocenters. The van der Waals surface area contributed by atoms with Gasteiger partial charge in [-0.15, -0.1) is 0 Å². The zero-order chi connectivity index (χ0) is 7.23. The van der Waals surface area contributed by atoms with E-state index >= 15 is 0 Å². The van der Waals surface area contributed by atoms with E-state index in [0.29, 0.717) is 0 Å². The number of thiocyanates is 1. The summed E-state index contributed by atoms with van der Waals surface area (Å²) in [4.78, 5) is 0.908. The van der Waals surface area contributed by atoms with Crippen molar-refractivity contribution in [3.63, 3.8) is 0 Å². The second kappa shape index (κ2) is 5.07. The summed E-state index contributed by atoms with van der Waals surface area (Å²) in [7, 11) is 0. The molecule has 3 heteroatoms. The predicted molar refractivity (Wildman–Crippen MR) is 46.2 cm³/mol. The number of thioether (sulfide) groups is 1. The van der Waals surface area contributed by atoms with Crippen LogP contribution in [0.1, 0.15) is 19.3 Å². The summed E-state index contributed by atoms with van der Waals surface area (Å²) in [5.74, 6) is 1.09. The monoisotopic (exact) mass is 221 g/mol. The normalized spacial score (nSPS) is 25.7. The maximum absolute atomic E-state index is 8.32. The summed E-state index contributed by atoms with van der Waals surface area (Å²) in [6, 6.07) is 0. The van der Waals surface area contributed by atoms with Crippen LogP contribution in [0.15, 0.2) is 0 Å². The molecule has 0 aliphatic carbocycles. The zero-order valence-corrected chi connectivity index (χ0v) is 8.41. The molecule has 56 valence electrons. The van der Waals surface area contributed by atoms with Gasteiger partial charge < -0.3 is 0 Å². The number of nitriles is 1. The number of hydrogen-bond donors (Lipinski definition) is 0. The second-order valence-corrected chi connectivity index (χ2v) is 6.15. The molecule has 0 radical (unpaired) electrons. The van der Waals surface area contributed by atoms with E-state index in [2.05, 4.69) is 5.40 Å². The molecule has 0 spiro atoms. The molecule has 1 unspecified atom stereocenters. The molecule has 0 aromatic carbocycles. The predicted octanol–water partition coefficient (Wildman–Crippen LogP) is 2.30. The van der Waals surface area contributed by atoms with Gasteiger partial charge in [-0.05, 0) is 0 Å². The van der Waals surface area contributed by atoms with Crippen LogP contribution in [0.2, 0.25) is 10.1 Å². The van der Waals surface area contributed by atoms with E-state index < -0.39 is 0 Å². The third-order valence-electron chi connectivity index (χ3n) is 1.61. The Bertz CT molecular complexity index is 126. The van der Waals surface area contributed by atoms with Crippen molar-refractivity contribution < 1.29 is 0 Å². The standard InChI is InChI=1S/C7H11NSSe/c8-6-9-5-7-3-1-2-4-10-7/h7H,1-5H2. The molecule has 1 aliphatic rings. The van der Waals surface area contributed by atoms with Gasteiger partial charge in [0.15, 0.2) is 0 Å². The number of nitrogens with zero attached hydrogens (tertiary/aromatic N) is 1. The van der Waals surface area contributed by atoms with Gasteiger partial charge in [0.2, 0.25) is 0 Å². The number of hydrogen-bond acceptors (Lipinski definition) is 2. The van der Waals surface area contributed by atoms with Gasteiger partial charge in [-0.25, -0.2) is 0 Å². The van der Waals surface area contributed by atoms with Gasteiger partial charge in [0.05, 0.1) is 0 Å². The van der Waals surface area contributed by atoms with Crippen molar-refractivity contribution in [1.82, 2.24) is 0 Å². The van der Waals surface area contributed by atoms with Crippen LogP contribution in [-0.4, -0.2) is 20.7 Å². The van der Waals surface area contributed by atoms with Crippen LogP contribution < -0.4 is 0 Å². The summed E-state index contributed by atoms with van der Waals surface area (Å²) in [6.07, 6.45) is 4.22. The Morgan fingerprint density at radius 2 is 2.50 bits per heavy atom. The van der Waals surface area contributed by atoms with E-state index in [1.54, 1.807) is 0 Å². The van der Waals surface area contributed by atoms with Crippen molar-refractivity contribution >= 4 is 26.7 Å². The van der Waals surface area contributed by atoms with E-state index in [1.165, 1.54) is 36.3 Å². The fraction of sp³-hybridized carbons (Fsp3) is 0.857. The first-order valence-corrected chi connectivity index (χ1v) is 6.74. The van der Waals surface area contributed by atoms with Crippen LogP contribution in [-0.2, 0) is 0 Å². The number of rotatable bonds is 2. The minimum absolute atomic E-state index is 0.849. The van der Waals surface area contributed by atoms with Crippen LogP contribution in [0.3, 0.4) is 0 Å². The summed E-state index contributed by atoms with van der Waals surface area (Å²) in [5.41, 5.74) is 0. The van der Waals surface area contributed by atoms with Gasteiger partial charge in [-0.3, -0.25) is 0 Å². The van der Waals surface area contributed by atoms with Crippen molar-refractivity contribution in [2.45, 2.75) is 29.4 Å². The minimum atomic E-state index is 0.849. The van der Waals surface area contributed by atoms with Crippen molar-refractivity contribution in [2.24, 2.45) is 0 Å².